The van der Waals surface area contributed by atoms with Gasteiger partial charge in [-0.3, -0.25) is 9.88 Å². The second-order valence-electron chi connectivity index (χ2n) is 5.84. The number of nitrogens with two attached hydrogens (primary N) is 1. The third-order valence-electron chi connectivity index (χ3n) is 4.71. The second-order valence-corrected chi connectivity index (χ2v) is 5.84. The van der Waals surface area contributed by atoms with E-state index in [0.717, 1.165) is 38.2 Å². The quantitative estimate of drug-likeness (QED) is 0.927. The van der Waals surface area contributed by atoms with Crippen molar-refractivity contribution >= 4 is 0 Å². The van der Waals surface area contributed by atoms with Gasteiger partial charge in [0.05, 0.1) is 11.6 Å². The van der Waals surface area contributed by atoms with Gasteiger partial charge in [0.1, 0.15) is 0 Å². The largest absolute Gasteiger partial charge is 0.416 e. The van der Waals surface area contributed by atoms with Gasteiger partial charge in [0, 0.05) is 23.5 Å². The van der Waals surface area contributed by atoms with Crippen molar-refractivity contribution in [1.29, 1.82) is 0 Å². The first kappa shape index (κ1) is 16.2. The summed E-state index contributed by atoms with van der Waals surface area (Å²) in [6, 6.07) is 0.292. The van der Waals surface area contributed by atoms with E-state index in [-0.39, 0.29) is 5.56 Å². The van der Waals surface area contributed by atoms with E-state index < -0.39 is 23.3 Å². The molecule has 1 aromatic heterocycles. The van der Waals surface area contributed by atoms with Gasteiger partial charge in [0.25, 0.3) is 0 Å². The Bertz CT molecular complexity index is 483. The average Bonchev–Trinajstić information content (AvgIpc) is 2.99. The van der Waals surface area contributed by atoms with Crippen LogP contribution in [0.5, 0.6) is 0 Å². The predicted octanol–water partition coefficient (Wildman–Crippen LogP) is 3.36. The molecule has 1 aliphatic heterocycles. The van der Waals surface area contributed by atoms with E-state index in [0.29, 0.717) is 6.42 Å². The standard InChI is InChI=1S/C15H22F3N3/c1-3-14(2,21-8-4-5-9-21)13(19)11-10-20-7-6-12(11)15(16,17)18/h6-7,10,13H,3-5,8-9,19H2,1-2H3. The third-order valence-corrected chi connectivity index (χ3v) is 4.71. The number of pyridine rings is 1. The molecule has 0 amide bonds. The molecule has 0 bridgehead atoms. The Morgan fingerprint density at radius 3 is 2.48 bits per heavy atom. The molecule has 1 fully saturated rings. The molecule has 0 aliphatic carbocycles. The lowest BCUT2D eigenvalue weighted by Crippen LogP contribution is -2.52. The summed E-state index contributed by atoms with van der Waals surface area (Å²) in [5.41, 5.74) is 5.20. The molecule has 21 heavy (non-hydrogen) atoms. The summed E-state index contributed by atoms with van der Waals surface area (Å²) in [4.78, 5) is 6.07. The fourth-order valence-corrected chi connectivity index (χ4v) is 3.12. The third kappa shape index (κ3) is 3.06. The van der Waals surface area contributed by atoms with E-state index in [1.165, 1.54) is 6.20 Å². The minimum atomic E-state index is -4.41. The van der Waals surface area contributed by atoms with Crippen LogP contribution in [-0.2, 0) is 6.18 Å². The number of rotatable bonds is 4. The number of alkyl halides is 3. The molecule has 1 aliphatic rings. The lowest BCUT2D eigenvalue weighted by Gasteiger charge is -2.43. The number of aromatic nitrogens is 1. The number of hydrogen-bond donors (Lipinski definition) is 1. The van der Waals surface area contributed by atoms with Crippen molar-refractivity contribution in [3.05, 3.63) is 29.6 Å². The first-order chi connectivity index (χ1) is 9.80. The fraction of sp³-hybridized carbons (Fsp3) is 0.667. The summed E-state index contributed by atoms with van der Waals surface area (Å²) in [5.74, 6) is 0. The van der Waals surface area contributed by atoms with Crippen LogP contribution in [0.25, 0.3) is 0 Å². The van der Waals surface area contributed by atoms with Crippen molar-refractivity contribution < 1.29 is 13.2 Å². The molecule has 2 heterocycles. The maximum atomic E-state index is 13.2. The normalized spacial score (nSPS) is 21.2. The molecule has 1 aromatic rings. The molecule has 2 atom stereocenters. The summed E-state index contributed by atoms with van der Waals surface area (Å²) in [6.07, 6.45) is 0.856. The monoisotopic (exact) mass is 301 g/mol. The smallest absolute Gasteiger partial charge is 0.322 e. The van der Waals surface area contributed by atoms with Crippen LogP contribution >= 0.6 is 0 Å². The summed E-state index contributed by atoms with van der Waals surface area (Å²) in [5, 5.41) is 0. The molecule has 3 nitrogen and oxygen atoms in total. The summed E-state index contributed by atoms with van der Waals surface area (Å²) < 4.78 is 39.5. The molecule has 0 aromatic carbocycles. The Morgan fingerprint density at radius 2 is 1.95 bits per heavy atom. The maximum Gasteiger partial charge on any atom is 0.416 e. The van der Waals surface area contributed by atoms with Gasteiger partial charge in [-0.1, -0.05) is 6.92 Å². The second kappa shape index (κ2) is 5.93. The van der Waals surface area contributed by atoms with Gasteiger partial charge in [-0.25, -0.2) is 0 Å². The summed E-state index contributed by atoms with van der Waals surface area (Å²) >= 11 is 0. The highest BCUT2D eigenvalue weighted by Crippen LogP contribution is 2.40. The molecule has 0 saturated carbocycles. The lowest BCUT2D eigenvalue weighted by atomic mass is 9.82. The Labute approximate surface area is 123 Å². The molecule has 6 heteroatoms. The number of nitrogens with zero attached hydrogens (tertiary/aromatic N) is 2. The highest BCUT2D eigenvalue weighted by molar-refractivity contribution is 5.31. The van der Waals surface area contributed by atoms with E-state index in [9.17, 15) is 13.2 Å². The first-order valence-corrected chi connectivity index (χ1v) is 7.32. The Kier molecular flexibility index (Phi) is 4.58. The molecule has 118 valence electrons. The maximum absolute atomic E-state index is 13.2. The van der Waals surface area contributed by atoms with Gasteiger partial charge in [0.2, 0.25) is 0 Å². The minimum Gasteiger partial charge on any atom is -0.322 e. The molecule has 0 radical (unpaired) electrons. The van der Waals surface area contributed by atoms with Crippen molar-refractivity contribution in [1.82, 2.24) is 9.88 Å². The molecule has 2 N–H and O–H groups in total. The van der Waals surface area contributed by atoms with Crippen LogP contribution < -0.4 is 5.73 Å². The van der Waals surface area contributed by atoms with Crippen molar-refractivity contribution in [2.24, 2.45) is 5.73 Å². The molecule has 1 saturated heterocycles. The van der Waals surface area contributed by atoms with Crippen LogP contribution in [0.4, 0.5) is 13.2 Å². The Hall–Kier alpha value is -1.14. The van der Waals surface area contributed by atoms with Gasteiger partial charge in [-0.05, 0) is 45.3 Å². The van der Waals surface area contributed by atoms with Gasteiger partial charge >= 0.3 is 6.18 Å². The molecular formula is C15H22F3N3. The zero-order valence-corrected chi connectivity index (χ0v) is 12.5. The Balaban J connectivity index is 2.40. The van der Waals surface area contributed by atoms with E-state index in [1.807, 2.05) is 13.8 Å². The Morgan fingerprint density at radius 1 is 1.33 bits per heavy atom. The van der Waals surface area contributed by atoms with Crippen molar-refractivity contribution in [2.45, 2.75) is 50.9 Å². The zero-order chi connectivity index (χ0) is 15.7. The van der Waals surface area contributed by atoms with E-state index in [4.69, 9.17) is 5.73 Å². The minimum absolute atomic E-state index is 0.0845. The van der Waals surface area contributed by atoms with Crippen LogP contribution in [0, 0.1) is 0 Å². The number of likely N-dealkylation sites (tertiary alicyclic amines) is 1. The molecule has 2 rings (SSSR count). The van der Waals surface area contributed by atoms with Gasteiger partial charge in [-0.2, -0.15) is 13.2 Å². The first-order valence-electron chi connectivity index (χ1n) is 7.32. The predicted molar refractivity (Wildman–Crippen MR) is 75.7 cm³/mol. The van der Waals surface area contributed by atoms with E-state index in [1.54, 1.807) is 0 Å². The molecule has 0 spiro atoms. The van der Waals surface area contributed by atoms with Crippen LogP contribution in [0.3, 0.4) is 0 Å². The number of hydrogen-bond acceptors (Lipinski definition) is 3. The van der Waals surface area contributed by atoms with Gasteiger partial charge < -0.3 is 5.73 Å². The summed E-state index contributed by atoms with van der Waals surface area (Å²) in [6.45, 7) is 5.71. The SMILES string of the molecule is CCC(C)(C(N)c1cnccc1C(F)(F)F)N1CCCC1. The molecule has 2 unspecified atom stereocenters. The topological polar surface area (TPSA) is 42.1 Å². The fourth-order valence-electron chi connectivity index (χ4n) is 3.12. The summed E-state index contributed by atoms with van der Waals surface area (Å²) in [7, 11) is 0. The van der Waals surface area contributed by atoms with Gasteiger partial charge in [-0.15, -0.1) is 0 Å². The highest BCUT2D eigenvalue weighted by Gasteiger charge is 2.42. The zero-order valence-electron chi connectivity index (χ0n) is 12.5. The van der Waals surface area contributed by atoms with Crippen LogP contribution in [0.1, 0.15) is 50.3 Å². The van der Waals surface area contributed by atoms with E-state index >= 15 is 0 Å². The molecular weight excluding hydrogens is 279 g/mol. The van der Waals surface area contributed by atoms with Crippen molar-refractivity contribution in [3.8, 4) is 0 Å². The van der Waals surface area contributed by atoms with Crippen LogP contribution in [0.2, 0.25) is 0 Å². The average molecular weight is 301 g/mol. The van der Waals surface area contributed by atoms with Crippen LogP contribution in [-0.4, -0.2) is 28.5 Å². The number of halogens is 3. The van der Waals surface area contributed by atoms with Crippen molar-refractivity contribution in [3.63, 3.8) is 0 Å². The lowest BCUT2D eigenvalue weighted by molar-refractivity contribution is -0.138. The van der Waals surface area contributed by atoms with Crippen molar-refractivity contribution in [2.75, 3.05) is 13.1 Å². The van der Waals surface area contributed by atoms with Gasteiger partial charge in [0.15, 0.2) is 0 Å². The highest BCUT2D eigenvalue weighted by atomic mass is 19.4. The van der Waals surface area contributed by atoms with E-state index in [2.05, 4.69) is 9.88 Å². The van der Waals surface area contributed by atoms with Crippen LogP contribution in [0.15, 0.2) is 18.5 Å².